The summed E-state index contributed by atoms with van der Waals surface area (Å²) in [4.78, 5) is 9.02. The first-order valence-electron chi connectivity index (χ1n) is 6.99. The highest BCUT2D eigenvalue weighted by Gasteiger charge is 2.24. The molecule has 20 heavy (non-hydrogen) atoms. The van der Waals surface area contributed by atoms with Gasteiger partial charge in [-0.05, 0) is 6.42 Å². The summed E-state index contributed by atoms with van der Waals surface area (Å²) >= 11 is 0. The largest absolute Gasteiger partial charge is 0.384 e. The lowest BCUT2D eigenvalue weighted by atomic mass is 9.89. The van der Waals surface area contributed by atoms with Crippen LogP contribution in [0.3, 0.4) is 0 Å². The molecule has 2 heterocycles. The van der Waals surface area contributed by atoms with Gasteiger partial charge in [0.1, 0.15) is 5.82 Å². The third kappa shape index (κ3) is 2.98. The molecule has 0 bridgehead atoms. The standard InChI is InChI=1S/C15H23N5/c1-6-7-10-8-12(16)18-14(17-10)11-9-20(5)19-13(11)15(2,3)4/h8-9H,6-7H2,1-5H3,(H2,16,17,18). The molecule has 2 rings (SSSR count). The van der Waals surface area contributed by atoms with Gasteiger partial charge in [0.2, 0.25) is 0 Å². The molecule has 0 aliphatic carbocycles. The van der Waals surface area contributed by atoms with E-state index in [9.17, 15) is 0 Å². The number of hydrogen-bond acceptors (Lipinski definition) is 4. The topological polar surface area (TPSA) is 69.6 Å². The maximum Gasteiger partial charge on any atom is 0.165 e. The van der Waals surface area contributed by atoms with Crippen LogP contribution in [-0.2, 0) is 18.9 Å². The van der Waals surface area contributed by atoms with Gasteiger partial charge in [-0.15, -0.1) is 0 Å². The van der Waals surface area contributed by atoms with Crippen LogP contribution < -0.4 is 5.73 Å². The van der Waals surface area contributed by atoms with E-state index in [4.69, 9.17) is 5.73 Å². The molecular weight excluding hydrogens is 250 g/mol. The number of aryl methyl sites for hydroxylation is 2. The molecule has 5 heteroatoms. The van der Waals surface area contributed by atoms with Crippen LogP contribution in [0.4, 0.5) is 5.82 Å². The second-order valence-electron chi connectivity index (χ2n) is 6.17. The molecular formula is C15H23N5. The molecule has 5 nitrogen and oxygen atoms in total. The molecule has 2 N–H and O–H groups in total. The van der Waals surface area contributed by atoms with Gasteiger partial charge >= 0.3 is 0 Å². The molecule has 0 unspecified atom stereocenters. The van der Waals surface area contributed by atoms with E-state index in [1.165, 1.54) is 0 Å². The average Bonchev–Trinajstić information content (AvgIpc) is 2.71. The van der Waals surface area contributed by atoms with Crippen molar-refractivity contribution >= 4 is 5.82 Å². The number of anilines is 1. The third-order valence-corrected chi connectivity index (χ3v) is 3.09. The molecule has 0 aliphatic rings. The van der Waals surface area contributed by atoms with Gasteiger partial charge in [0.05, 0.1) is 11.3 Å². The van der Waals surface area contributed by atoms with Crippen molar-refractivity contribution in [2.45, 2.75) is 46.0 Å². The van der Waals surface area contributed by atoms with E-state index in [-0.39, 0.29) is 5.41 Å². The van der Waals surface area contributed by atoms with Crippen molar-refractivity contribution in [2.24, 2.45) is 7.05 Å². The quantitative estimate of drug-likeness (QED) is 0.933. The molecule has 0 aromatic carbocycles. The number of nitrogens with zero attached hydrogens (tertiary/aromatic N) is 4. The summed E-state index contributed by atoms with van der Waals surface area (Å²) in [7, 11) is 1.91. The minimum atomic E-state index is -0.0600. The third-order valence-electron chi connectivity index (χ3n) is 3.09. The van der Waals surface area contributed by atoms with Crippen LogP contribution in [0.1, 0.15) is 45.5 Å². The van der Waals surface area contributed by atoms with Gasteiger partial charge in [-0.25, -0.2) is 9.97 Å². The summed E-state index contributed by atoms with van der Waals surface area (Å²) in [6.45, 7) is 8.54. The van der Waals surface area contributed by atoms with Gasteiger partial charge in [-0.3, -0.25) is 4.68 Å². The average molecular weight is 273 g/mol. The molecule has 2 aromatic rings. The summed E-state index contributed by atoms with van der Waals surface area (Å²) in [5.74, 6) is 1.19. The van der Waals surface area contributed by atoms with Crippen molar-refractivity contribution in [1.29, 1.82) is 0 Å². The first kappa shape index (κ1) is 14.5. The fourth-order valence-electron chi connectivity index (χ4n) is 2.23. The van der Waals surface area contributed by atoms with Crippen molar-refractivity contribution in [2.75, 3.05) is 5.73 Å². The Kier molecular flexibility index (Phi) is 3.79. The van der Waals surface area contributed by atoms with Crippen molar-refractivity contribution in [3.63, 3.8) is 0 Å². The van der Waals surface area contributed by atoms with E-state index in [2.05, 4.69) is 42.8 Å². The lowest BCUT2D eigenvalue weighted by molar-refractivity contribution is 0.554. The zero-order valence-electron chi connectivity index (χ0n) is 12.9. The summed E-state index contributed by atoms with van der Waals surface area (Å²) in [6, 6.07) is 1.85. The molecule has 0 saturated carbocycles. The first-order chi connectivity index (χ1) is 9.31. The smallest absolute Gasteiger partial charge is 0.165 e. The molecule has 0 fully saturated rings. The lowest BCUT2D eigenvalue weighted by Gasteiger charge is -2.17. The Balaban J connectivity index is 2.56. The molecule has 0 radical (unpaired) electrons. The summed E-state index contributed by atoms with van der Waals surface area (Å²) < 4.78 is 1.81. The molecule has 108 valence electrons. The van der Waals surface area contributed by atoms with Gasteiger partial charge in [0, 0.05) is 30.4 Å². The fraction of sp³-hybridized carbons (Fsp3) is 0.533. The molecule has 0 saturated heterocycles. The Bertz CT molecular complexity index is 607. The number of aromatic nitrogens is 4. The van der Waals surface area contributed by atoms with E-state index in [0.717, 1.165) is 29.8 Å². The predicted octanol–water partition coefficient (Wildman–Crippen LogP) is 2.71. The van der Waals surface area contributed by atoms with Gasteiger partial charge in [0.25, 0.3) is 0 Å². The summed E-state index contributed by atoms with van der Waals surface area (Å²) in [5.41, 5.74) is 8.80. The van der Waals surface area contributed by atoms with Crippen LogP contribution in [0, 0.1) is 0 Å². The van der Waals surface area contributed by atoms with Crippen LogP contribution in [0.2, 0.25) is 0 Å². The molecule has 0 aliphatic heterocycles. The Morgan fingerprint density at radius 1 is 1.25 bits per heavy atom. The van der Waals surface area contributed by atoms with E-state index in [0.29, 0.717) is 11.6 Å². The Labute approximate surface area is 120 Å². The Morgan fingerprint density at radius 3 is 2.55 bits per heavy atom. The maximum atomic E-state index is 5.91. The van der Waals surface area contributed by atoms with Crippen molar-refractivity contribution < 1.29 is 0 Å². The maximum absolute atomic E-state index is 5.91. The monoisotopic (exact) mass is 273 g/mol. The summed E-state index contributed by atoms with van der Waals surface area (Å²) in [5, 5.41) is 4.56. The lowest BCUT2D eigenvalue weighted by Crippen LogP contribution is -2.14. The minimum absolute atomic E-state index is 0.0600. The molecule has 0 atom stereocenters. The van der Waals surface area contributed by atoms with Crippen LogP contribution >= 0.6 is 0 Å². The molecule has 2 aromatic heterocycles. The Hall–Kier alpha value is -1.91. The van der Waals surface area contributed by atoms with Gasteiger partial charge in [0.15, 0.2) is 5.82 Å². The van der Waals surface area contributed by atoms with Crippen LogP contribution in [0.25, 0.3) is 11.4 Å². The number of nitrogen functional groups attached to an aromatic ring is 1. The summed E-state index contributed by atoms with van der Waals surface area (Å²) in [6.07, 6.45) is 3.91. The first-order valence-corrected chi connectivity index (χ1v) is 6.99. The van der Waals surface area contributed by atoms with E-state index in [1.807, 2.05) is 24.0 Å². The number of hydrogen-bond donors (Lipinski definition) is 1. The van der Waals surface area contributed by atoms with Crippen LogP contribution in [-0.4, -0.2) is 19.7 Å². The van der Waals surface area contributed by atoms with E-state index in [1.54, 1.807) is 0 Å². The second-order valence-corrected chi connectivity index (χ2v) is 6.17. The minimum Gasteiger partial charge on any atom is -0.384 e. The van der Waals surface area contributed by atoms with Gasteiger partial charge < -0.3 is 5.73 Å². The highest BCUT2D eigenvalue weighted by atomic mass is 15.3. The Morgan fingerprint density at radius 2 is 1.95 bits per heavy atom. The zero-order chi connectivity index (χ0) is 14.9. The van der Waals surface area contributed by atoms with Crippen molar-refractivity contribution in [1.82, 2.24) is 19.7 Å². The molecule has 0 spiro atoms. The van der Waals surface area contributed by atoms with E-state index >= 15 is 0 Å². The zero-order valence-corrected chi connectivity index (χ0v) is 12.9. The van der Waals surface area contributed by atoms with Gasteiger partial charge in [-0.1, -0.05) is 34.1 Å². The molecule has 0 amide bonds. The highest BCUT2D eigenvalue weighted by molar-refractivity contribution is 5.60. The SMILES string of the molecule is CCCc1cc(N)nc(-c2cn(C)nc2C(C)(C)C)n1. The van der Waals surface area contributed by atoms with Crippen LogP contribution in [0.15, 0.2) is 12.3 Å². The number of nitrogens with two attached hydrogens (primary N) is 1. The van der Waals surface area contributed by atoms with Crippen molar-refractivity contribution in [3.8, 4) is 11.4 Å². The fourth-order valence-corrected chi connectivity index (χ4v) is 2.23. The second kappa shape index (κ2) is 5.23. The van der Waals surface area contributed by atoms with E-state index < -0.39 is 0 Å². The van der Waals surface area contributed by atoms with Gasteiger partial charge in [-0.2, -0.15) is 5.10 Å². The van der Waals surface area contributed by atoms with Crippen molar-refractivity contribution in [3.05, 3.63) is 23.7 Å². The predicted molar refractivity (Wildman–Crippen MR) is 81.3 cm³/mol. The number of rotatable bonds is 3. The normalized spacial score (nSPS) is 11.8. The highest BCUT2D eigenvalue weighted by Crippen LogP contribution is 2.30. The van der Waals surface area contributed by atoms with Crippen LogP contribution in [0.5, 0.6) is 0 Å².